The van der Waals surface area contributed by atoms with Crippen LogP contribution >= 0.6 is 0 Å². The van der Waals surface area contributed by atoms with Gasteiger partial charge in [0.1, 0.15) is 11.5 Å². The Morgan fingerprint density at radius 2 is 2.11 bits per heavy atom. The third kappa shape index (κ3) is 2.19. The van der Waals surface area contributed by atoms with Crippen LogP contribution < -0.4 is 4.74 Å². The van der Waals surface area contributed by atoms with Crippen LogP contribution in [0.25, 0.3) is 6.08 Å². The average molecular weight is 254 g/mol. The van der Waals surface area contributed by atoms with Crippen molar-refractivity contribution in [3.8, 4) is 5.75 Å². The molecule has 1 aromatic rings. The Labute approximate surface area is 111 Å². The largest absolute Gasteiger partial charge is 0.497 e. The van der Waals surface area contributed by atoms with Crippen LogP contribution in [0.3, 0.4) is 0 Å². The first kappa shape index (κ1) is 11.8. The maximum Gasteiger partial charge on any atom is 0.339 e. The van der Waals surface area contributed by atoms with Crippen LogP contribution in [-0.4, -0.2) is 13.1 Å². The van der Waals surface area contributed by atoms with E-state index in [0.717, 1.165) is 29.1 Å². The van der Waals surface area contributed by atoms with Crippen molar-refractivity contribution in [1.29, 1.82) is 0 Å². The van der Waals surface area contributed by atoms with Crippen molar-refractivity contribution >= 4 is 12.0 Å². The smallest absolute Gasteiger partial charge is 0.339 e. The third-order valence-electron chi connectivity index (χ3n) is 3.37. The normalized spacial score (nSPS) is 23.0. The van der Waals surface area contributed by atoms with Gasteiger partial charge in [0.2, 0.25) is 0 Å². The average Bonchev–Trinajstić information content (AvgIpc) is 2.77. The number of benzene rings is 1. The second-order valence-electron chi connectivity index (χ2n) is 4.55. The molecule has 0 saturated carbocycles. The number of esters is 1. The Bertz CT molecular complexity index is 591. The second-order valence-corrected chi connectivity index (χ2v) is 4.55. The highest BCUT2D eigenvalue weighted by Gasteiger charge is 2.35. The third-order valence-corrected chi connectivity index (χ3v) is 3.37. The summed E-state index contributed by atoms with van der Waals surface area (Å²) in [6, 6.07) is 7.67. The number of carbonyl (C=O) groups excluding carboxylic acids is 1. The van der Waals surface area contributed by atoms with Crippen LogP contribution in [0.5, 0.6) is 5.75 Å². The van der Waals surface area contributed by atoms with E-state index in [1.165, 1.54) is 0 Å². The van der Waals surface area contributed by atoms with Crippen molar-refractivity contribution in [3.05, 3.63) is 59.4 Å². The minimum atomic E-state index is -0.228. The Morgan fingerprint density at radius 1 is 1.32 bits per heavy atom. The fourth-order valence-corrected chi connectivity index (χ4v) is 2.34. The molecule has 0 spiro atoms. The molecule has 0 radical (unpaired) electrons. The van der Waals surface area contributed by atoms with Gasteiger partial charge in [0, 0.05) is 5.57 Å². The number of cyclic esters (lactones) is 1. The SMILES string of the molecule is COc1ccc(C=C2OC(=O)C3=CC=CCC23)cc1. The van der Waals surface area contributed by atoms with E-state index in [-0.39, 0.29) is 11.9 Å². The molecule has 3 nitrogen and oxygen atoms in total. The molecule has 0 amide bonds. The van der Waals surface area contributed by atoms with E-state index in [9.17, 15) is 4.79 Å². The summed E-state index contributed by atoms with van der Waals surface area (Å²) in [4.78, 5) is 11.7. The van der Waals surface area contributed by atoms with Gasteiger partial charge >= 0.3 is 5.97 Å². The van der Waals surface area contributed by atoms with Gasteiger partial charge in [-0.05, 0) is 30.2 Å². The number of hydrogen-bond donors (Lipinski definition) is 0. The molecule has 1 aromatic carbocycles. The van der Waals surface area contributed by atoms with Gasteiger partial charge in [0.05, 0.1) is 13.0 Å². The molecule has 1 unspecified atom stereocenters. The molecular formula is C16H14O3. The standard InChI is InChI=1S/C16H14O3/c1-18-12-8-6-11(7-9-12)10-15-13-4-2-3-5-14(13)16(17)19-15/h2-3,5-10,13H,4H2,1H3. The van der Waals surface area contributed by atoms with Crippen molar-refractivity contribution in [2.24, 2.45) is 5.92 Å². The molecule has 1 heterocycles. The summed E-state index contributed by atoms with van der Waals surface area (Å²) < 4.78 is 10.5. The summed E-state index contributed by atoms with van der Waals surface area (Å²) >= 11 is 0. The summed E-state index contributed by atoms with van der Waals surface area (Å²) in [5.74, 6) is 1.38. The van der Waals surface area contributed by atoms with Crippen molar-refractivity contribution in [2.75, 3.05) is 7.11 Å². The van der Waals surface area contributed by atoms with E-state index >= 15 is 0 Å². The maximum absolute atomic E-state index is 11.7. The zero-order chi connectivity index (χ0) is 13.2. The molecular weight excluding hydrogens is 240 g/mol. The highest BCUT2D eigenvalue weighted by Crippen LogP contribution is 2.37. The summed E-state index contributed by atoms with van der Waals surface area (Å²) in [5.41, 5.74) is 1.75. The van der Waals surface area contributed by atoms with E-state index in [1.54, 1.807) is 7.11 Å². The molecule has 19 heavy (non-hydrogen) atoms. The number of methoxy groups -OCH3 is 1. The van der Waals surface area contributed by atoms with Crippen LogP contribution in [0, 0.1) is 5.92 Å². The first-order chi connectivity index (χ1) is 9.28. The van der Waals surface area contributed by atoms with Gasteiger partial charge in [-0.3, -0.25) is 0 Å². The van der Waals surface area contributed by atoms with Gasteiger partial charge in [-0.2, -0.15) is 0 Å². The highest BCUT2D eigenvalue weighted by atomic mass is 16.5. The molecule has 1 aliphatic carbocycles. The van der Waals surface area contributed by atoms with Crippen molar-refractivity contribution in [1.82, 2.24) is 0 Å². The molecule has 3 heteroatoms. The monoisotopic (exact) mass is 254 g/mol. The van der Waals surface area contributed by atoms with E-state index in [2.05, 4.69) is 6.08 Å². The van der Waals surface area contributed by atoms with Crippen molar-refractivity contribution in [3.63, 3.8) is 0 Å². The summed E-state index contributed by atoms with van der Waals surface area (Å²) in [5, 5.41) is 0. The first-order valence-electron chi connectivity index (χ1n) is 6.22. The van der Waals surface area contributed by atoms with Crippen LogP contribution in [0.2, 0.25) is 0 Å². The lowest BCUT2D eigenvalue weighted by atomic mass is 9.91. The van der Waals surface area contributed by atoms with Gasteiger partial charge in [-0.1, -0.05) is 30.4 Å². The molecule has 0 aromatic heterocycles. The predicted molar refractivity (Wildman–Crippen MR) is 72.4 cm³/mol. The summed E-state index contributed by atoms with van der Waals surface area (Å²) in [6.07, 6.45) is 8.54. The Morgan fingerprint density at radius 3 is 2.84 bits per heavy atom. The van der Waals surface area contributed by atoms with Crippen molar-refractivity contribution < 1.29 is 14.3 Å². The maximum atomic E-state index is 11.7. The van der Waals surface area contributed by atoms with E-state index in [4.69, 9.17) is 9.47 Å². The zero-order valence-corrected chi connectivity index (χ0v) is 10.6. The number of fused-ring (bicyclic) bond motifs is 1. The molecule has 96 valence electrons. The van der Waals surface area contributed by atoms with E-state index in [1.807, 2.05) is 42.5 Å². The number of allylic oxidation sites excluding steroid dienone is 4. The van der Waals surface area contributed by atoms with Crippen LogP contribution in [0.1, 0.15) is 12.0 Å². The topological polar surface area (TPSA) is 35.5 Å². The molecule has 2 aliphatic rings. The summed E-state index contributed by atoms with van der Waals surface area (Å²) in [7, 11) is 1.64. The molecule has 1 fully saturated rings. The predicted octanol–water partition coefficient (Wildman–Crippen LogP) is 3.10. The molecule has 3 rings (SSSR count). The molecule has 1 aliphatic heterocycles. The minimum absolute atomic E-state index is 0.0691. The number of hydrogen-bond acceptors (Lipinski definition) is 3. The fraction of sp³-hybridized carbons (Fsp3) is 0.188. The molecule has 1 saturated heterocycles. The lowest BCUT2D eigenvalue weighted by Crippen LogP contribution is -2.03. The second kappa shape index (κ2) is 4.76. The van der Waals surface area contributed by atoms with Gasteiger partial charge in [0.15, 0.2) is 0 Å². The quantitative estimate of drug-likeness (QED) is 0.761. The van der Waals surface area contributed by atoms with E-state index < -0.39 is 0 Å². The van der Waals surface area contributed by atoms with Gasteiger partial charge in [0.25, 0.3) is 0 Å². The Hall–Kier alpha value is -2.29. The Kier molecular flexibility index (Phi) is 2.95. The van der Waals surface area contributed by atoms with Crippen molar-refractivity contribution in [2.45, 2.75) is 6.42 Å². The van der Waals surface area contributed by atoms with Crippen LogP contribution in [0.15, 0.2) is 53.8 Å². The van der Waals surface area contributed by atoms with E-state index in [0.29, 0.717) is 0 Å². The first-order valence-corrected chi connectivity index (χ1v) is 6.22. The lowest BCUT2D eigenvalue weighted by molar-refractivity contribution is -0.132. The number of rotatable bonds is 2. The molecule has 0 N–H and O–H groups in total. The van der Waals surface area contributed by atoms with Gasteiger partial charge in [-0.15, -0.1) is 0 Å². The zero-order valence-electron chi connectivity index (χ0n) is 10.6. The number of ether oxygens (including phenoxy) is 2. The number of carbonyl (C=O) groups is 1. The minimum Gasteiger partial charge on any atom is -0.497 e. The van der Waals surface area contributed by atoms with Gasteiger partial charge in [-0.25, -0.2) is 4.79 Å². The lowest BCUT2D eigenvalue weighted by Gasteiger charge is -2.09. The van der Waals surface area contributed by atoms with Crippen LogP contribution in [0.4, 0.5) is 0 Å². The van der Waals surface area contributed by atoms with Crippen LogP contribution in [-0.2, 0) is 9.53 Å². The highest BCUT2D eigenvalue weighted by molar-refractivity contribution is 5.95. The molecule has 1 atom stereocenters. The molecule has 0 bridgehead atoms. The van der Waals surface area contributed by atoms with Gasteiger partial charge < -0.3 is 9.47 Å². The summed E-state index contributed by atoms with van der Waals surface area (Å²) in [6.45, 7) is 0. The fourth-order valence-electron chi connectivity index (χ4n) is 2.34. The Balaban J connectivity index is 1.89.